The van der Waals surface area contributed by atoms with Crippen LogP contribution in [0.4, 0.5) is 10.1 Å². The van der Waals surface area contributed by atoms with Gasteiger partial charge in [0.05, 0.1) is 26.2 Å². The van der Waals surface area contributed by atoms with Crippen molar-refractivity contribution in [1.82, 2.24) is 4.90 Å². The normalized spacial score (nSPS) is 21.2. The van der Waals surface area contributed by atoms with Crippen LogP contribution in [0.3, 0.4) is 0 Å². The predicted molar refractivity (Wildman–Crippen MR) is 110 cm³/mol. The molecule has 0 spiro atoms. The summed E-state index contributed by atoms with van der Waals surface area (Å²) in [7, 11) is 3.18. The molecule has 2 aliphatic heterocycles. The number of carbonyl (C=O) groups is 2. The topological polar surface area (TPSA) is 59.1 Å². The molecule has 2 atom stereocenters. The van der Waals surface area contributed by atoms with Gasteiger partial charge >= 0.3 is 0 Å². The number of likely N-dealkylation sites (tertiary alicyclic amines) is 1. The zero-order valence-electron chi connectivity index (χ0n) is 17.1. The molecule has 158 valence electrons. The number of methoxy groups -OCH3 is 2. The van der Waals surface area contributed by atoms with Crippen molar-refractivity contribution in [3.05, 3.63) is 53.8 Å². The Morgan fingerprint density at radius 3 is 2.63 bits per heavy atom. The maximum Gasteiger partial charge on any atom is 0.228 e. The second kappa shape index (κ2) is 8.34. The molecule has 0 aliphatic carbocycles. The second-order valence-electron chi connectivity index (χ2n) is 7.69. The Morgan fingerprint density at radius 1 is 1.10 bits per heavy atom. The van der Waals surface area contributed by atoms with Crippen LogP contribution < -0.4 is 14.4 Å². The van der Waals surface area contributed by atoms with Crippen LogP contribution in [-0.2, 0) is 9.59 Å². The van der Waals surface area contributed by atoms with Crippen LogP contribution in [0.2, 0.25) is 0 Å². The third-order valence-electron chi connectivity index (χ3n) is 5.92. The van der Waals surface area contributed by atoms with E-state index in [1.54, 1.807) is 26.4 Å². The standard InChI is InChI=1S/C23H25FN2O4/c1-29-20-9-8-15(11-21(20)30-2)19-7-4-10-25(19)23(28)16-12-22(27)26(14-16)18-6-3-5-17(24)13-18/h3,5-6,8-9,11,13,16,19H,4,7,10,12,14H2,1-2H3. The van der Waals surface area contributed by atoms with Gasteiger partial charge in [-0.05, 0) is 48.7 Å². The highest BCUT2D eigenvalue weighted by molar-refractivity contribution is 6.00. The molecule has 2 fully saturated rings. The van der Waals surface area contributed by atoms with Crippen LogP contribution in [0.1, 0.15) is 30.9 Å². The monoisotopic (exact) mass is 412 g/mol. The van der Waals surface area contributed by atoms with Gasteiger partial charge in [0, 0.05) is 25.2 Å². The van der Waals surface area contributed by atoms with E-state index in [0.29, 0.717) is 23.7 Å². The quantitative estimate of drug-likeness (QED) is 0.754. The number of rotatable bonds is 5. The number of halogens is 1. The van der Waals surface area contributed by atoms with Crippen molar-refractivity contribution in [3.8, 4) is 11.5 Å². The Bertz CT molecular complexity index is 964. The number of ether oxygens (including phenoxy) is 2. The van der Waals surface area contributed by atoms with Gasteiger partial charge in [0.1, 0.15) is 5.82 Å². The Morgan fingerprint density at radius 2 is 1.90 bits per heavy atom. The van der Waals surface area contributed by atoms with Crippen molar-refractivity contribution in [1.29, 1.82) is 0 Å². The molecule has 0 N–H and O–H groups in total. The van der Waals surface area contributed by atoms with Gasteiger partial charge in [-0.25, -0.2) is 4.39 Å². The molecule has 4 rings (SSSR count). The Hall–Kier alpha value is -3.09. The number of nitrogens with zero attached hydrogens (tertiary/aromatic N) is 2. The van der Waals surface area contributed by atoms with E-state index in [1.807, 2.05) is 23.1 Å². The lowest BCUT2D eigenvalue weighted by molar-refractivity contribution is -0.136. The lowest BCUT2D eigenvalue weighted by atomic mass is 10.0. The van der Waals surface area contributed by atoms with Crippen LogP contribution in [0, 0.1) is 11.7 Å². The maximum absolute atomic E-state index is 13.6. The van der Waals surface area contributed by atoms with Gasteiger partial charge in [-0.3, -0.25) is 9.59 Å². The average molecular weight is 412 g/mol. The van der Waals surface area contributed by atoms with Crippen molar-refractivity contribution >= 4 is 17.5 Å². The molecule has 0 bridgehead atoms. The van der Waals surface area contributed by atoms with Crippen molar-refractivity contribution in [2.75, 3.05) is 32.2 Å². The molecular formula is C23H25FN2O4. The molecule has 0 radical (unpaired) electrons. The largest absolute Gasteiger partial charge is 0.493 e. The van der Waals surface area contributed by atoms with E-state index in [0.717, 1.165) is 18.4 Å². The van der Waals surface area contributed by atoms with Gasteiger partial charge in [-0.1, -0.05) is 12.1 Å². The van der Waals surface area contributed by atoms with Crippen LogP contribution in [0.15, 0.2) is 42.5 Å². The van der Waals surface area contributed by atoms with E-state index < -0.39 is 11.7 Å². The van der Waals surface area contributed by atoms with Crippen LogP contribution in [0.25, 0.3) is 0 Å². The van der Waals surface area contributed by atoms with Gasteiger partial charge in [-0.15, -0.1) is 0 Å². The lowest BCUT2D eigenvalue weighted by Gasteiger charge is -2.28. The summed E-state index contributed by atoms with van der Waals surface area (Å²) in [5.74, 6) is 0.261. The fraction of sp³-hybridized carbons (Fsp3) is 0.391. The first-order valence-electron chi connectivity index (χ1n) is 10.1. The summed E-state index contributed by atoms with van der Waals surface area (Å²) in [6, 6.07) is 11.6. The van der Waals surface area contributed by atoms with E-state index in [9.17, 15) is 14.0 Å². The highest BCUT2D eigenvalue weighted by Gasteiger charge is 2.40. The molecule has 0 aromatic heterocycles. The number of carbonyl (C=O) groups excluding carboxylic acids is 2. The Labute approximate surface area is 175 Å². The fourth-order valence-corrected chi connectivity index (χ4v) is 4.44. The summed E-state index contributed by atoms with van der Waals surface area (Å²) < 4.78 is 24.3. The SMILES string of the molecule is COc1ccc(C2CCCN2C(=O)C2CC(=O)N(c3cccc(F)c3)C2)cc1OC. The predicted octanol–water partition coefficient (Wildman–Crippen LogP) is 3.56. The minimum absolute atomic E-state index is 0.0282. The zero-order valence-corrected chi connectivity index (χ0v) is 17.1. The number of anilines is 1. The smallest absolute Gasteiger partial charge is 0.228 e. The molecule has 7 heteroatoms. The van der Waals surface area contributed by atoms with E-state index in [1.165, 1.54) is 17.0 Å². The van der Waals surface area contributed by atoms with E-state index in [-0.39, 0.29) is 30.8 Å². The average Bonchev–Trinajstić information content (AvgIpc) is 3.39. The lowest BCUT2D eigenvalue weighted by Crippen LogP contribution is -2.37. The molecule has 30 heavy (non-hydrogen) atoms. The summed E-state index contributed by atoms with van der Waals surface area (Å²) in [6.07, 6.45) is 1.90. The van der Waals surface area contributed by atoms with Crippen LogP contribution in [-0.4, -0.2) is 44.0 Å². The number of benzene rings is 2. The van der Waals surface area contributed by atoms with Crippen molar-refractivity contribution in [2.45, 2.75) is 25.3 Å². The summed E-state index contributed by atoms with van der Waals surface area (Å²) in [5, 5.41) is 0. The Kier molecular flexibility index (Phi) is 5.61. The van der Waals surface area contributed by atoms with Crippen LogP contribution in [0.5, 0.6) is 11.5 Å². The molecule has 2 aromatic rings. The molecule has 2 aliphatic rings. The molecular weight excluding hydrogens is 387 g/mol. The first-order valence-corrected chi connectivity index (χ1v) is 10.1. The van der Waals surface area contributed by atoms with E-state index in [4.69, 9.17) is 9.47 Å². The third kappa shape index (κ3) is 3.72. The van der Waals surface area contributed by atoms with Crippen molar-refractivity contribution < 1.29 is 23.5 Å². The minimum atomic E-state index is -0.429. The first-order chi connectivity index (χ1) is 14.5. The maximum atomic E-state index is 13.6. The molecule has 2 aromatic carbocycles. The minimum Gasteiger partial charge on any atom is -0.493 e. The van der Waals surface area contributed by atoms with Gasteiger partial charge < -0.3 is 19.3 Å². The Balaban J connectivity index is 1.52. The first kappa shape index (κ1) is 20.2. The van der Waals surface area contributed by atoms with Crippen molar-refractivity contribution in [2.24, 2.45) is 5.92 Å². The van der Waals surface area contributed by atoms with Crippen LogP contribution >= 0.6 is 0 Å². The molecule has 2 amide bonds. The molecule has 0 saturated carbocycles. The van der Waals surface area contributed by atoms with Gasteiger partial charge in [-0.2, -0.15) is 0 Å². The summed E-state index contributed by atoms with van der Waals surface area (Å²) in [4.78, 5) is 29.2. The summed E-state index contributed by atoms with van der Waals surface area (Å²) in [5.41, 5.74) is 1.48. The van der Waals surface area contributed by atoms with Crippen molar-refractivity contribution in [3.63, 3.8) is 0 Å². The van der Waals surface area contributed by atoms with Gasteiger partial charge in [0.25, 0.3) is 0 Å². The number of hydrogen-bond acceptors (Lipinski definition) is 4. The van der Waals surface area contributed by atoms with Gasteiger partial charge in [0.15, 0.2) is 11.5 Å². The summed E-state index contributed by atoms with van der Waals surface area (Å²) >= 11 is 0. The van der Waals surface area contributed by atoms with E-state index in [2.05, 4.69) is 0 Å². The fourth-order valence-electron chi connectivity index (χ4n) is 4.44. The van der Waals surface area contributed by atoms with E-state index >= 15 is 0 Å². The second-order valence-corrected chi connectivity index (χ2v) is 7.69. The van der Waals surface area contributed by atoms with Gasteiger partial charge in [0.2, 0.25) is 11.8 Å². The highest BCUT2D eigenvalue weighted by atomic mass is 19.1. The summed E-state index contributed by atoms with van der Waals surface area (Å²) in [6.45, 7) is 0.929. The number of amides is 2. The molecule has 2 heterocycles. The third-order valence-corrected chi connectivity index (χ3v) is 5.92. The number of hydrogen-bond donors (Lipinski definition) is 0. The highest BCUT2D eigenvalue weighted by Crippen LogP contribution is 2.38. The molecule has 6 nitrogen and oxygen atoms in total. The molecule has 2 saturated heterocycles. The molecule has 2 unspecified atom stereocenters. The zero-order chi connectivity index (χ0) is 21.3.